The van der Waals surface area contributed by atoms with E-state index in [0.29, 0.717) is 5.56 Å². The summed E-state index contributed by atoms with van der Waals surface area (Å²) in [5, 5.41) is 9.13. The number of rotatable bonds is 2. The molecule has 0 spiro atoms. The van der Waals surface area contributed by atoms with Gasteiger partial charge in [-0.05, 0) is 6.07 Å². The summed E-state index contributed by atoms with van der Waals surface area (Å²) in [7, 11) is 0. The average molecular weight is 156 g/mol. The number of nitrogens with zero attached hydrogens (tertiary/aromatic N) is 1. The number of aliphatic hydroxyl groups excluding tert-OH is 1. The van der Waals surface area contributed by atoms with E-state index < -0.39 is 12.1 Å². The average Bonchev–Trinajstić information content (AvgIpc) is 2.05. The molecule has 0 amide bonds. The van der Waals surface area contributed by atoms with Gasteiger partial charge in [0.15, 0.2) is 0 Å². The van der Waals surface area contributed by atoms with Gasteiger partial charge in [-0.2, -0.15) is 4.39 Å². The Morgan fingerprint density at radius 3 is 2.82 bits per heavy atom. The van der Waals surface area contributed by atoms with Gasteiger partial charge in [-0.1, -0.05) is 6.07 Å². The molecule has 1 aromatic heterocycles. The van der Waals surface area contributed by atoms with Crippen molar-refractivity contribution in [2.75, 3.05) is 6.54 Å². The van der Waals surface area contributed by atoms with Crippen molar-refractivity contribution in [1.29, 1.82) is 0 Å². The Kier molecular flexibility index (Phi) is 2.51. The molecule has 0 bridgehead atoms. The van der Waals surface area contributed by atoms with Crippen LogP contribution in [0.1, 0.15) is 11.7 Å². The molecule has 0 aromatic carbocycles. The zero-order valence-electron chi connectivity index (χ0n) is 5.87. The highest BCUT2D eigenvalue weighted by atomic mass is 19.1. The van der Waals surface area contributed by atoms with Crippen LogP contribution in [0.5, 0.6) is 0 Å². The standard InChI is InChI=1S/C7H9FN2O/c8-7-2-1-5(4-10-7)6(11)3-9/h1-2,4,6,11H,3,9H2/t6-/m1/s1. The number of halogens is 1. The molecule has 1 rings (SSSR count). The molecule has 1 atom stereocenters. The van der Waals surface area contributed by atoms with Crippen LogP contribution in [0.25, 0.3) is 0 Å². The molecule has 0 radical (unpaired) electrons. The zero-order valence-corrected chi connectivity index (χ0v) is 5.87. The minimum atomic E-state index is -0.747. The van der Waals surface area contributed by atoms with Gasteiger partial charge in [0.05, 0.1) is 6.10 Å². The molecule has 1 aromatic rings. The van der Waals surface area contributed by atoms with Gasteiger partial charge >= 0.3 is 0 Å². The SMILES string of the molecule is NC[C@@H](O)c1ccc(F)nc1. The minimum absolute atomic E-state index is 0.118. The Balaban J connectivity index is 2.81. The molecule has 3 nitrogen and oxygen atoms in total. The summed E-state index contributed by atoms with van der Waals surface area (Å²) in [6.45, 7) is 0.118. The van der Waals surface area contributed by atoms with Gasteiger partial charge in [0.25, 0.3) is 0 Å². The van der Waals surface area contributed by atoms with Crippen molar-refractivity contribution in [3.63, 3.8) is 0 Å². The van der Waals surface area contributed by atoms with Crippen LogP contribution in [-0.4, -0.2) is 16.6 Å². The van der Waals surface area contributed by atoms with E-state index in [9.17, 15) is 4.39 Å². The molecule has 4 heteroatoms. The van der Waals surface area contributed by atoms with Crippen molar-refractivity contribution in [3.8, 4) is 0 Å². The Morgan fingerprint density at radius 1 is 1.64 bits per heavy atom. The van der Waals surface area contributed by atoms with E-state index >= 15 is 0 Å². The second kappa shape index (κ2) is 3.41. The van der Waals surface area contributed by atoms with E-state index in [1.807, 2.05) is 0 Å². The Bertz CT molecular complexity index is 224. The van der Waals surface area contributed by atoms with Crippen molar-refractivity contribution in [1.82, 2.24) is 4.98 Å². The quantitative estimate of drug-likeness (QED) is 0.602. The second-order valence-corrected chi connectivity index (χ2v) is 2.17. The fourth-order valence-electron chi connectivity index (χ4n) is 0.720. The van der Waals surface area contributed by atoms with Crippen LogP contribution < -0.4 is 5.73 Å². The number of hydrogen-bond acceptors (Lipinski definition) is 3. The molecule has 0 aliphatic rings. The minimum Gasteiger partial charge on any atom is -0.387 e. The fraction of sp³-hybridized carbons (Fsp3) is 0.286. The Hall–Kier alpha value is -1.00. The molecule has 0 saturated heterocycles. The number of pyridine rings is 1. The largest absolute Gasteiger partial charge is 0.387 e. The highest BCUT2D eigenvalue weighted by molar-refractivity contribution is 5.12. The lowest BCUT2D eigenvalue weighted by atomic mass is 10.2. The maximum Gasteiger partial charge on any atom is 0.212 e. The summed E-state index contributed by atoms with van der Waals surface area (Å²) in [5.74, 6) is -0.557. The lowest BCUT2D eigenvalue weighted by Crippen LogP contribution is -2.11. The first kappa shape index (κ1) is 8.10. The molecule has 0 unspecified atom stereocenters. The van der Waals surface area contributed by atoms with Gasteiger partial charge in [-0.25, -0.2) is 4.98 Å². The maximum absolute atomic E-state index is 12.2. The van der Waals surface area contributed by atoms with Crippen molar-refractivity contribution < 1.29 is 9.50 Å². The molecule has 1 heterocycles. The van der Waals surface area contributed by atoms with Crippen LogP contribution in [0.3, 0.4) is 0 Å². The van der Waals surface area contributed by atoms with E-state index in [0.717, 1.165) is 0 Å². The Labute approximate surface area is 63.7 Å². The second-order valence-electron chi connectivity index (χ2n) is 2.17. The van der Waals surface area contributed by atoms with Gasteiger partial charge in [-0.3, -0.25) is 0 Å². The zero-order chi connectivity index (χ0) is 8.27. The van der Waals surface area contributed by atoms with E-state index in [1.54, 1.807) is 0 Å². The van der Waals surface area contributed by atoms with Crippen LogP contribution in [0, 0.1) is 5.95 Å². The van der Waals surface area contributed by atoms with Crippen LogP contribution in [-0.2, 0) is 0 Å². The van der Waals surface area contributed by atoms with Gasteiger partial charge in [0.1, 0.15) is 0 Å². The fourth-order valence-corrected chi connectivity index (χ4v) is 0.720. The summed E-state index contributed by atoms with van der Waals surface area (Å²) in [6, 6.07) is 2.65. The lowest BCUT2D eigenvalue weighted by molar-refractivity contribution is 0.186. The normalized spacial score (nSPS) is 13.0. The van der Waals surface area contributed by atoms with Crippen LogP contribution in [0.15, 0.2) is 18.3 Å². The predicted molar refractivity (Wildman–Crippen MR) is 38.2 cm³/mol. The van der Waals surface area contributed by atoms with Crippen LogP contribution >= 0.6 is 0 Å². The van der Waals surface area contributed by atoms with E-state index in [4.69, 9.17) is 10.8 Å². The third-order valence-corrected chi connectivity index (χ3v) is 1.36. The molecular weight excluding hydrogens is 147 g/mol. The highest BCUT2D eigenvalue weighted by Crippen LogP contribution is 2.08. The van der Waals surface area contributed by atoms with Crippen molar-refractivity contribution in [2.45, 2.75) is 6.10 Å². The summed E-state index contributed by atoms with van der Waals surface area (Å²) in [5.41, 5.74) is 5.71. The molecule has 11 heavy (non-hydrogen) atoms. The molecule has 3 N–H and O–H groups in total. The van der Waals surface area contributed by atoms with Crippen LogP contribution in [0.4, 0.5) is 4.39 Å². The van der Waals surface area contributed by atoms with Crippen LogP contribution in [0.2, 0.25) is 0 Å². The van der Waals surface area contributed by atoms with Gasteiger partial charge < -0.3 is 10.8 Å². The Morgan fingerprint density at radius 2 is 2.36 bits per heavy atom. The molecule has 0 aliphatic carbocycles. The van der Waals surface area contributed by atoms with Gasteiger partial charge in [0.2, 0.25) is 5.95 Å². The van der Waals surface area contributed by atoms with Crippen molar-refractivity contribution >= 4 is 0 Å². The topological polar surface area (TPSA) is 59.1 Å². The number of hydrogen-bond donors (Lipinski definition) is 2. The first-order valence-corrected chi connectivity index (χ1v) is 3.23. The first-order valence-electron chi connectivity index (χ1n) is 3.23. The van der Waals surface area contributed by atoms with Gasteiger partial charge in [0, 0.05) is 18.3 Å². The predicted octanol–water partition coefficient (Wildman–Crippen LogP) is 0.213. The van der Waals surface area contributed by atoms with Crippen molar-refractivity contribution in [2.24, 2.45) is 5.73 Å². The maximum atomic E-state index is 12.2. The van der Waals surface area contributed by atoms with Crippen molar-refractivity contribution in [3.05, 3.63) is 29.8 Å². The molecular formula is C7H9FN2O. The third kappa shape index (κ3) is 1.96. The smallest absolute Gasteiger partial charge is 0.212 e. The number of aliphatic hydroxyl groups is 1. The highest BCUT2D eigenvalue weighted by Gasteiger charge is 2.04. The molecule has 60 valence electrons. The van der Waals surface area contributed by atoms with E-state index in [2.05, 4.69) is 4.98 Å². The number of aromatic nitrogens is 1. The molecule has 0 aliphatic heterocycles. The number of nitrogens with two attached hydrogens (primary N) is 1. The molecule has 0 saturated carbocycles. The summed E-state index contributed by atoms with van der Waals surface area (Å²) < 4.78 is 12.2. The first-order chi connectivity index (χ1) is 5.24. The lowest BCUT2D eigenvalue weighted by Gasteiger charge is -2.05. The summed E-state index contributed by atoms with van der Waals surface area (Å²) in [6.07, 6.45) is 0.524. The van der Waals surface area contributed by atoms with E-state index in [-0.39, 0.29) is 6.54 Å². The summed E-state index contributed by atoms with van der Waals surface area (Å²) >= 11 is 0. The van der Waals surface area contributed by atoms with E-state index in [1.165, 1.54) is 18.3 Å². The molecule has 0 fully saturated rings. The van der Waals surface area contributed by atoms with Gasteiger partial charge in [-0.15, -0.1) is 0 Å². The summed E-state index contributed by atoms with van der Waals surface area (Å²) in [4.78, 5) is 3.37. The monoisotopic (exact) mass is 156 g/mol. The third-order valence-electron chi connectivity index (χ3n) is 1.36.